The lowest BCUT2D eigenvalue weighted by Gasteiger charge is -2.20. The molecule has 4 heteroatoms. The van der Waals surface area contributed by atoms with Gasteiger partial charge < -0.3 is 20.3 Å². The Hall–Kier alpha value is -1.10. The van der Waals surface area contributed by atoms with Crippen molar-refractivity contribution in [1.29, 1.82) is 0 Å². The molecule has 0 aliphatic heterocycles. The first-order valence-electron chi connectivity index (χ1n) is 5.65. The second-order valence-corrected chi connectivity index (χ2v) is 4.16. The number of hydrogen-bond acceptors (Lipinski definition) is 4. The van der Waals surface area contributed by atoms with Gasteiger partial charge in [-0.05, 0) is 24.5 Å². The number of ether oxygens (including phenoxy) is 2. The summed E-state index contributed by atoms with van der Waals surface area (Å²) < 4.78 is 10.2. The van der Waals surface area contributed by atoms with Gasteiger partial charge in [-0.2, -0.15) is 0 Å². The molecule has 0 aliphatic rings. The van der Waals surface area contributed by atoms with Crippen LogP contribution in [-0.2, 0) is 11.2 Å². The molecule has 0 bridgehead atoms. The van der Waals surface area contributed by atoms with Crippen molar-refractivity contribution in [3.8, 4) is 5.75 Å². The van der Waals surface area contributed by atoms with E-state index >= 15 is 0 Å². The lowest BCUT2D eigenvalue weighted by atomic mass is 9.99. The predicted octanol–water partition coefficient (Wildman–Crippen LogP) is 0.881. The van der Waals surface area contributed by atoms with Crippen LogP contribution in [0.3, 0.4) is 0 Å². The minimum atomic E-state index is -0.662. The number of para-hydroxylation sites is 1. The quantitative estimate of drug-likeness (QED) is 0.773. The molecule has 2 atom stereocenters. The molecule has 0 saturated heterocycles. The number of rotatable bonds is 6. The van der Waals surface area contributed by atoms with Gasteiger partial charge in [-0.15, -0.1) is 0 Å². The van der Waals surface area contributed by atoms with Crippen LogP contribution in [0.1, 0.15) is 11.1 Å². The lowest BCUT2D eigenvalue weighted by Crippen LogP contribution is -2.39. The number of aryl methyl sites for hydroxylation is 1. The van der Waals surface area contributed by atoms with Gasteiger partial charge in [-0.3, -0.25) is 0 Å². The van der Waals surface area contributed by atoms with Gasteiger partial charge in [0.15, 0.2) is 0 Å². The third kappa shape index (κ3) is 3.70. The molecule has 1 aromatic rings. The van der Waals surface area contributed by atoms with Crippen molar-refractivity contribution in [2.24, 2.45) is 5.73 Å². The van der Waals surface area contributed by atoms with E-state index in [1.54, 1.807) is 14.2 Å². The Labute approximate surface area is 102 Å². The molecule has 0 saturated carbocycles. The molecule has 0 fully saturated rings. The zero-order valence-electron chi connectivity index (χ0n) is 10.6. The first-order chi connectivity index (χ1) is 8.10. The van der Waals surface area contributed by atoms with Crippen molar-refractivity contribution in [2.45, 2.75) is 25.5 Å². The summed E-state index contributed by atoms with van der Waals surface area (Å²) in [6.07, 6.45) is -0.0970. The number of methoxy groups -OCH3 is 2. The molecule has 3 N–H and O–H groups in total. The van der Waals surface area contributed by atoms with Crippen LogP contribution in [0.5, 0.6) is 5.75 Å². The van der Waals surface area contributed by atoms with Crippen molar-refractivity contribution in [3.05, 3.63) is 29.3 Å². The minimum absolute atomic E-state index is 0.245. The summed E-state index contributed by atoms with van der Waals surface area (Å²) in [6.45, 7) is 2.23. The molecule has 0 heterocycles. The fourth-order valence-electron chi connectivity index (χ4n) is 1.85. The highest BCUT2D eigenvalue weighted by Gasteiger charge is 2.17. The summed E-state index contributed by atoms with van der Waals surface area (Å²) in [7, 11) is 3.19. The maximum atomic E-state index is 9.72. The molecular formula is C13H21NO3. The first kappa shape index (κ1) is 14.0. The predicted molar refractivity (Wildman–Crippen MR) is 67.3 cm³/mol. The molecule has 0 amide bonds. The number of hydrogen-bond donors (Lipinski definition) is 2. The van der Waals surface area contributed by atoms with Crippen molar-refractivity contribution in [3.63, 3.8) is 0 Å². The molecule has 0 spiro atoms. The summed E-state index contributed by atoms with van der Waals surface area (Å²) in [5, 5.41) is 9.72. The average Bonchev–Trinajstić information content (AvgIpc) is 2.29. The first-order valence-corrected chi connectivity index (χ1v) is 5.65. The lowest BCUT2D eigenvalue weighted by molar-refractivity contribution is 0.0479. The molecule has 0 aromatic heterocycles. The van der Waals surface area contributed by atoms with Crippen LogP contribution in [0.15, 0.2) is 18.2 Å². The van der Waals surface area contributed by atoms with Gasteiger partial charge in [-0.25, -0.2) is 0 Å². The summed E-state index contributed by atoms with van der Waals surface area (Å²) in [6, 6.07) is 5.55. The second kappa shape index (κ2) is 6.59. The van der Waals surface area contributed by atoms with Crippen LogP contribution < -0.4 is 10.5 Å². The summed E-state index contributed by atoms with van der Waals surface area (Å²) in [5.41, 5.74) is 8.00. The van der Waals surface area contributed by atoms with Gasteiger partial charge in [0, 0.05) is 13.2 Å². The maximum absolute atomic E-state index is 9.72. The topological polar surface area (TPSA) is 64.7 Å². The summed E-state index contributed by atoms with van der Waals surface area (Å²) in [5.74, 6) is 0.840. The molecular weight excluding hydrogens is 218 g/mol. The van der Waals surface area contributed by atoms with Gasteiger partial charge in [0.1, 0.15) is 5.75 Å². The van der Waals surface area contributed by atoms with E-state index in [9.17, 15) is 5.11 Å². The zero-order chi connectivity index (χ0) is 12.8. The molecule has 1 rings (SSSR count). The van der Waals surface area contributed by atoms with Gasteiger partial charge in [-0.1, -0.05) is 18.2 Å². The standard InChI is InChI=1S/C13H21NO3/c1-9-5-4-6-10(13(9)17-3)7-11(14)12(15)8-16-2/h4-6,11-12,15H,7-8,14H2,1-3H3. The Morgan fingerprint density at radius 2 is 2.06 bits per heavy atom. The highest BCUT2D eigenvalue weighted by atomic mass is 16.5. The van der Waals surface area contributed by atoms with Gasteiger partial charge in [0.25, 0.3) is 0 Å². The molecule has 0 aliphatic carbocycles. The van der Waals surface area contributed by atoms with Crippen LogP contribution in [0.2, 0.25) is 0 Å². The van der Waals surface area contributed by atoms with Crippen molar-refractivity contribution >= 4 is 0 Å². The van der Waals surface area contributed by atoms with Crippen LogP contribution >= 0.6 is 0 Å². The van der Waals surface area contributed by atoms with Crippen molar-refractivity contribution < 1.29 is 14.6 Å². The van der Waals surface area contributed by atoms with Gasteiger partial charge in [0.05, 0.1) is 19.8 Å². The fraction of sp³-hybridized carbons (Fsp3) is 0.538. The number of nitrogens with two attached hydrogens (primary N) is 1. The Kier molecular flexibility index (Phi) is 5.41. The van der Waals surface area contributed by atoms with E-state index in [4.69, 9.17) is 15.2 Å². The molecule has 4 nitrogen and oxygen atoms in total. The molecule has 96 valence electrons. The van der Waals surface area contributed by atoms with Crippen LogP contribution in [0.4, 0.5) is 0 Å². The van der Waals surface area contributed by atoms with E-state index in [-0.39, 0.29) is 12.6 Å². The Morgan fingerprint density at radius 1 is 1.35 bits per heavy atom. The van der Waals surface area contributed by atoms with Gasteiger partial charge >= 0.3 is 0 Å². The largest absolute Gasteiger partial charge is 0.496 e. The Bertz CT molecular complexity index is 355. The highest BCUT2D eigenvalue weighted by Crippen LogP contribution is 2.24. The van der Waals surface area contributed by atoms with E-state index in [1.807, 2.05) is 25.1 Å². The fourth-order valence-corrected chi connectivity index (χ4v) is 1.85. The van der Waals surface area contributed by atoms with Crippen molar-refractivity contribution in [2.75, 3.05) is 20.8 Å². The van der Waals surface area contributed by atoms with E-state index in [1.165, 1.54) is 0 Å². The number of benzene rings is 1. The maximum Gasteiger partial charge on any atom is 0.125 e. The second-order valence-electron chi connectivity index (χ2n) is 4.16. The smallest absolute Gasteiger partial charge is 0.125 e. The zero-order valence-corrected chi connectivity index (χ0v) is 10.6. The van der Waals surface area contributed by atoms with E-state index < -0.39 is 6.10 Å². The Balaban J connectivity index is 2.77. The monoisotopic (exact) mass is 239 g/mol. The van der Waals surface area contributed by atoms with E-state index in [0.717, 1.165) is 16.9 Å². The molecule has 1 aromatic carbocycles. The highest BCUT2D eigenvalue weighted by molar-refractivity contribution is 5.41. The van der Waals surface area contributed by atoms with Gasteiger partial charge in [0.2, 0.25) is 0 Å². The number of aliphatic hydroxyl groups is 1. The van der Waals surface area contributed by atoms with Crippen LogP contribution in [-0.4, -0.2) is 38.1 Å². The third-order valence-corrected chi connectivity index (χ3v) is 2.78. The third-order valence-electron chi connectivity index (χ3n) is 2.78. The summed E-state index contributed by atoms with van der Waals surface area (Å²) in [4.78, 5) is 0. The number of aliphatic hydroxyl groups excluding tert-OH is 1. The molecule has 17 heavy (non-hydrogen) atoms. The molecule has 2 unspecified atom stereocenters. The van der Waals surface area contributed by atoms with Crippen LogP contribution in [0.25, 0.3) is 0 Å². The van der Waals surface area contributed by atoms with E-state index in [0.29, 0.717) is 6.42 Å². The van der Waals surface area contributed by atoms with Crippen LogP contribution in [0, 0.1) is 6.92 Å². The van der Waals surface area contributed by atoms with Crippen molar-refractivity contribution in [1.82, 2.24) is 0 Å². The molecule has 0 radical (unpaired) electrons. The normalized spacial score (nSPS) is 14.4. The Morgan fingerprint density at radius 3 is 2.65 bits per heavy atom. The average molecular weight is 239 g/mol. The minimum Gasteiger partial charge on any atom is -0.496 e. The van der Waals surface area contributed by atoms with E-state index in [2.05, 4.69) is 0 Å². The summed E-state index contributed by atoms with van der Waals surface area (Å²) >= 11 is 0. The SMILES string of the molecule is COCC(O)C(N)Cc1cccc(C)c1OC.